The zero-order valence-electron chi connectivity index (χ0n) is 8.80. The van der Waals surface area contributed by atoms with Crippen LogP contribution in [0.1, 0.15) is 10.6 Å². The lowest BCUT2D eigenvalue weighted by Crippen LogP contribution is -2.40. The summed E-state index contributed by atoms with van der Waals surface area (Å²) >= 11 is 11.2. The number of halogens is 2. The second kappa shape index (κ2) is 5.16. The van der Waals surface area contributed by atoms with Crippen LogP contribution in [0.25, 0.3) is 0 Å². The third-order valence-electron chi connectivity index (χ3n) is 2.38. The van der Waals surface area contributed by atoms with Crippen LogP contribution in [0, 0.1) is 0 Å². The number of furan rings is 1. The number of alkyl halides is 2. The summed E-state index contributed by atoms with van der Waals surface area (Å²) in [7, 11) is -3.61. The Morgan fingerprint density at radius 1 is 1.24 bits per heavy atom. The van der Waals surface area contributed by atoms with Gasteiger partial charge in [-0.2, -0.15) is 4.31 Å². The van der Waals surface area contributed by atoms with Crippen LogP contribution in [0.4, 0.5) is 0 Å². The highest BCUT2D eigenvalue weighted by Gasteiger charge is 2.29. The monoisotopic (exact) mass is 299 g/mol. The second-order valence-electron chi connectivity index (χ2n) is 3.47. The van der Waals surface area contributed by atoms with E-state index in [1.165, 1.54) is 16.4 Å². The van der Waals surface area contributed by atoms with Gasteiger partial charge in [-0.15, -0.1) is 0 Å². The highest BCUT2D eigenvalue weighted by molar-refractivity contribution is 7.89. The molecule has 96 valence electrons. The van der Waals surface area contributed by atoms with Crippen LogP contribution >= 0.6 is 23.2 Å². The summed E-state index contributed by atoms with van der Waals surface area (Å²) < 4.78 is 35.8. The van der Waals surface area contributed by atoms with Crippen LogP contribution in [-0.2, 0) is 14.8 Å². The molecule has 0 aliphatic carbocycles. The van der Waals surface area contributed by atoms with E-state index in [9.17, 15) is 8.42 Å². The highest BCUT2D eigenvalue weighted by atomic mass is 35.5. The molecule has 1 aromatic heterocycles. The molecule has 0 bridgehead atoms. The highest BCUT2D eigenvalue weighted by Crippen LogP contribution is 2.29. The third-order valence-corrected chi connectivity index (χ3v) is 4.58. The fourth-order valence-electron chi connectivity index (χ4n) is 1.50. The quantitative estimate of drug-likeness (QED) is 0.798. The number of nitrogens with zero attached hydrogens (tertiary/aromatic N) is 1. The van der Waals surface area contributed by atoms with Crippen molar-refractivity contribution in [2.75, 3.05) is 26.3 Å². The van der Waals surface area contributed by atoms with Gasteiger partial charge in [-0.1, -0.05) is 23.2 Å². The summed E-state index contributed by atoms with van der Waals surface area (Å²) in [6.07, 6.45) is 0. The second-order valence-corrected chi connectivity index (χ2v) is 6.44. The Balaban J connectivity index is 2.24. The first-order valence-electron chi connectivity index (χ1n) is 4.97. The van der Waals surface area contributed by atoms with Crippen LogP contribution in [-0.4, -0.2) is 39.0 Å². The first-order valence-corrected chi connectivity index (χ1v) is 7.29. The molecule has 0 spiro atoms. The van der Waals surface area contributed by atoms with Crippen molar-refractivity contribution in [3.63, 3.8) is 0 Å². The van der Waals surface area contributed by atoms with Crippen molar-refractivity contribution >= 4 is 33.2 Å². The van der Waals surface area contributed by atoms with Gasteiger partial charge in [0.2, 0.25) is 5.09 Å². The average Bonchev–Trinajstić information content (AvgIpc) is 2.80. The summed E-state index contributed by atoms with van der Waals surface area (Å²) in [4.78, 5) is -0.872. The first kappa shape index (κ1) is 13.2. The summed E-state index contributed by atoms with van der Waals surface area (Å²) in [6, 6.07) is 2.82. The molecule has 1 fully saturated rings. The van der Waals surface area contributed by atoms with E-state index in [4.69, 9.17) is 32.4 Å². The Hall–Kier alpha value is -0.270. The van der Waals surface area contributed by atoms with Crippen LogP contribution in [0.2, 0.25) is 0 Å². The van der Waals surface area contributed by atoms with Crippen molar-refractivity contribution in [3.8, 4) is 0 Å². The molecule has 2 rings (SSSR count). The molecule has 0 atom stereocenters. The molecule has 0 N–H and O–H groups in total. The zero-order chi connectivity index (χ0) is 12.5. The van der Waals surface area contributed by atoms with E-state index in [1.807, 2.05) is 0 Å². The largest absolute Gasteiger partial charge is 0.445 e. The molecule has 5 nitrogen and oxygen atoms in total. The topological polar surface area (TPSA) is 59.8 Å². The van der Waals surface area contributed by atoms with Crippen molar-refractivity contribution in [1.82, 2.24) is 4.31 Å². The van der Waals surface area contributed by atoms with Crippen molar-refractivity contribution < 1.29 is 17.6 Å². The predicted molar refractivity (Wildman–Crippen MR) is 62.7 cm³/mol. The minimum atomic E-state index is -3.61. The van der Waals surface area contributed by atoms with Gasteiger partial charge in [0, 0.05) is 13.1 Å². The number of morpholine rings is 1. The summed E-state index contributed by atoms with van der Waals surface area (Å²) in [6.45, 7) is 1.42. The van der Waals surface area contributed by atoms with Gasteiger partial charge >= 0.3 is 0 Å². The van der Waals surface area contributed by atoms with Crippen LogP contribution in [0.3, 0.4) is 0 Å². The van der Waals surface area contributed by atoms with Crippen molar-refractivity contribution in [2.45, 2.75) is 9.93 Å². The van der Waals surface area contributed by atoms with E-state index in [-0.39, 0.29) is 10.9 Å². The number of ether oxygens (including phenoxy) is 1. The maximum Gasteiger partial charge on any atom is 0.276 e. The Bertz CT molecular complexity index is 479. The molecule has 0 aromatic carbocycles. The molecule has 1 aromatic rings. The van der Waals surface area contributed by atoms with Gasteiger partial charge in [0.15, 0.2) is 4.84 Å². The SMILES string of the molecule is O=S(=O)(c1ccc(C(Cl)Cl)o1)N1CCOCC1. The molecule has 0 amide bonds. The Labute approximate surface area is 109 Å². The average molecular weight is 300 g/mol. The fourth-order valence-corrected chi connectivity index (χ4v) is 3.06. The van der Waals surface area contributed by atoms with Gasteiger partial charge in [0.05, 0.1) is 13.2 Å². The molecule has 1 aliphatic heterocycles. The van der Waals surface area contributed by atoms with Gasteiger partial charge in [-0.3, -0.25) is 0 Å². The normalized spacial score (nSPS) is 18.8. The summed E-state index contributed by atoms with van der Waals surface area (Å²) in [5.41, 5.74) is 0. The van der Waals surface area contributed by atoms with Gasteiger partial charge in [0.25, 0.3) is 10.0 Å². The van der Waals surface area contributed by atoms with E-state index >= 15 is 0 Å². The minimum Gasteiger partial charge on any atom is -0.445 e. The van der Waals surface area contributed by atoms with Crippen molar-refractivity contribution in [3.05, 3.63) is 17.9 Å². The van der Waals surface area contributed by atoms with E-state index in [2.05, 4.69) is 0 Å². The lowest BCUT2D eigenvalue weighted by Gasteiger charge is -2.24. The van der Waals surface area contributed by atoms with Gasteiger partial charge in [0.1, 0.15) is 5.76 Å². The number of sulfonamides is 1. The van der Waals surface area contributed by atoms with Gasteiger partial charge in [-0.05, 0) is 12.1 Å². The van der Waals surface area contributed by atoms with Crippen molar-refractivity contribution in [2.24, 2.45) is 0 Å². The first-order chi connectivity index (χ1) is 8.01. The third kappa shape index (κ3) is 2.77. The summed E-state index contributed by atoms with van der Waals surface area (Å²) in [5, 5.41) is -0.138. The van der Waals surface area contributed by atoms with Crippen LogP contribution in [0.15, 0.2) is 21.6 Å². The Morgan fingerprint density at radius 3 is 2.41 bits per heavy atom. The van der Waals surface area contributed by atoms with E-state index in [0.29, 0.717) is 26.3 Å². The standard InChI is InChI=1S/C9H11Cl2NO4S/c10-9(11)7-1-2-8(16-7)17(13,14)12-3-5-15-6-4-12/h1-2,9H,3-6H2. The lowest BCUT2D eigenvalue weighted by atomic mass is 10.5. The van der Waals surface area contributed by atoms with E-state index in [0.717, 1.165) is 0 Å². The number of rotatable bonds is 3. The smallest absolute Gasteiger partial charge is 0.276 e. The molecule has 0 saturated carbocycles. The molecular formula is C9H11Cl2NO4S. The number of hydrogen-bond acceptors (Lipinski definition) is 4. The molecule has 1 aliphatic rings. The van der Waals surface area contributed by atoms with E-state index in [1.54, 1.807) is 0 Å². The molecule has 2 heterocycles. The Kier molecular flexibility index (Phi) is 3.99. The maximum absolute atomic E-state index is 12.1. The molecule has 17 heavy (non-hydrogen) atoms. The molecule has 1 saturated heterocycles. The van der Waals surface area contributed by atoms with Crippen LogP contribution < -0.4 is 0 Å². The predicted octanol–water partition coefficient (Wildman–Crippen LogP) is 1.78. The molecular weight excluding hydrogens is 289 g/mol. The minimum absolute atomic E-state index is 0.138. The maximum atomic E-state index is 12.1. The lowest BCUT2D eigenvalue weighted by molar-refractivity contribution is 0.0723. The molecule has 8 heteroatoms. The number of hydrogen-bond donors (Lipinski definition) is 0. The van der Waals surface area contributed by atoms with Crippen molar-refractivity contribution in [1.29, 1.82) is 0 Å². The zero-order valence-corrected chi connectivity index (χ0v) is 11.1. The van der Waals surface area contributed by atoms with Gasteiger partial charge in [-0.25, -0.2) is 8.42 Å². The van der Waals surface area contributed by atoms with E-state index < -0.39 is 14.9 Å². The van der Waals surface area contributed by atoms with Gasteiger partial charge < -0.3 is 9.15 Å². The molecule has 0 unspecified atom stereocenters. The fraction of sp³-hybridized carbons (Fsp3) is 0.556. The van der Waals surface area contributed by atoms with Crippen LogP contribution in [0.5, 0.6) is 0 Å². The molecule has 0 radical (unpaired) electrons. The Morgan fingerprint density at radius 2 is 1.88 bits per heavy atom. The summed E-state index contributed by atoms with van der Waals surface area (Å²) in [5.74, 6) is 0.222.